The molecule has 0 spiro atoms. The van der Waals surface area contributed by atoms with Crippen molar-refractivity contribution in [2.24, 2.45) is 0 Å². The lowest BCUT2D eigenvalue weighted by Crippen LogP contribution is -2.26. The lowest BCUT2D eigenvalue weighted by Gasteiger charge is -2.22. The summed E-state index contributed by atoms with van der Waals surface area (Å²) in [6.07, 6.45) is 3.54. The molecule has 2 rings (SSSR count). The number of hydrogen-bond donors (Lipinski definition) is 1. The molecule has 3 nitrogen and oxygen atoms in total. The average molecular weight is 339 g/mol. The molecule has 0 aliphatic heterocycles. The highest BCUT2D eigenvalue weighted by Gasteiger charge is 2.09. The van der Waals surface area contributed by atoms with Gasteiger partial charge in [0.15, 0.2) is 0 Å². The van der Waals surface area contributed by atoms with E-state index in [1.807, 2.05) is 18.3 Å². The Kier molecular flexibility index (Phi) is 5.64. The zero-order chi connectivity index (χ0) is 14.4. The molecule has 0 atom stereocenters. The quantitative estimate of drug-likeness (QED) is 0.879. The van der Waals surface area contributed by atoms with Crippen molar-refractivity contribution in [1.82, 2.24) is 9.88 Å². The van der Waals surface area contributed by atoms with Crippen molar-refractivity contribution in [3.05, 3.63) is 64.1 Å². The van der Waals surface area contributed by atoms with Crippen LogP contribution in [-0.2, 0) is 13.1 Å². The summed E-state index contributed by atoms with van der Waals surface area (Å²) in [4.78, 5) is 6.18. The Morgan fingerprint density at radius 2 is 2.10 bits per heavy atom. The first-order chi connectivity index (χ1) is 9.69. The summed E-state index contributed by atoms with van der Waals surface area (Å²) >= 11 is 3.37. The minimum absolute atomic E-state index is 0.0824. The predicted molar refractivity (Wildman–Crippen MR) is 79.5 cm³/mol. The van der Waals surface area contributed by atoms with Gasteiger partial charge in [-0.2, -0.15) is 0 Å². The second-order valence-corrected chi connectivity index (χ2v) is 5.39. The summed E-state index contributed by atoms with van der Waals surface area (Å²) in [6, 6.07) is 8.54. The number of aliphatic hydroxyl groups excluding tert-OH is 1. The third-order valence-corrected chi connectivity index (χ3v) is 3.69. The van der Waals surface area contributed by atoms with Crippen LogP contribution in [0.4, 0.5) is 4.39 Å². The van der Waals surface area contributed by atoms with Gasteiger partial charge >= 0.3 is 0 Å². The van der Waals surface area contributed by atoms with Gasteiger partial charge in [-0.3, -0.25) is 9.88 Å². The topological polar surface area (TPSA) is 36.4 Å². The van der Waals surface area contributed by atoms with Crippen LogP contribution in [0.2, 0.25) is 0 Å². The van der Waals surface area contributed by atoms with Gasteiger partial charge in [-0.15, -0.1) is 0 Å². The number of nitrogens with zero attached hydrogens (tertiary/aromatic N) is 2. The number of aliphatic hydroxyl groups is 1. The molecule has 0 saturated heterocycles. The lowest BCUT2D eigenvalue weighted by atomic mass is 10.2. The van der Waals surface area contributed by atoms with E-state index in [9.17, 15) is 9.50 Å². The van der Waals surface area contributed by atoms with E-state index in [4.69, 9.17) is 0 Å². The summed E-state index contributed by atoms with van der Waals surface area (Å²) < 4.78 is 13.8. The van der Waals surface area contributed by atoms with Gasteiger partial charge in [0.05, 0.1) is 6.61 Å². The molecule has 0 bridgehead atoms. The van der Waals surface area contributed by atoms with E-state index in [2.05, 4.69) is 25.8 Å². The molecule has 0 unspecified atom stereocenters. The second kappa shape index (κ2) is 7.47. The van der Waals surface area contributed by atoms with Gasteiger partial charge in [-0.25, -0.2) is 4.39 Å². The van der Waals surface area contributed by atoms with Crippen LogP contribution in [0.3, 0.4) is 0 Å². The SMILES string of the molecule is OCCN(Cc1cccnc1)Cc1ccc(F)cc1Br. The minimum Gasteiger partial charge on any atom is -0.395 e. The van der Waals surface area contributed by atoms with Gasteiger partial charge in [0, 0.05) is 36.5 Å². The third-order valence-electron chi connectivity index (χ3n) is 2.95. The molecule has 106 valence electrons. The summed E-state index contributed by atoms with van der Waals surface area (Å²) in [5.74, 6) is -0.262. The Hall–Kier alpha value is -1.30. The first-order valence-electron chi connectivity index (χ1n) is 6.35. The van der Waals surface area contributed by atoms with E-state index < -0.39 is 0 Å². The Balaban J connectivity index is 2.09. The van der Waals surface area contributed by atoms with Crippen LogP contribution in [0, 0.1) is 5.82 Å². The maximum Gasteiger partial charge on any atom is 0.124 e. The normalized spacial score (nSPS) is 11.0. The average Bonchev–Trinajstić information content (AvgIpc) is 2.43. The van der Waals surface area contributed by atoms with Crippen molar-refractivity contribution in [3.63, 3.8) is 0 Å². The van der Waals surface area contributed by atoms with E-state index in [0.29, 0.717) is 19.6 Å². The number of rotatable bonds is 6. The summed E-state index contributed by atoms with van der Waals surface area (Å²) in [5.41, 5.74) is 2.07. The van der Waals surface area contributed by atoms with E-state index >= 15 is 0 Å². The second-order valence-electron chi connectivity index (χ2n) is 4.53. The highest BCUT2D eigenvalue weighted by atomic mass is 79.9. The maximum atomic E-state index is 13.1. The number of benzene rings is 1. The van der Waals surface area contributed by atoms with Gasteiger partial charge in [-0.1, -0.05) is 28.1 Å². The van der Waals surface area contributed by atoms with Crippen molar-refractivity contribution in [2.75, 3.05) is 13.2 Å². The summed E-state index contributed by atoms with van der Waals surface area (Å²) in [5, 5.41) is 9.18. The Morgan fingerprint density at radius 1 is 1.25 bits per heavy atom. The molecule has 0 amide bonds. The Bertz CT molecular complexity index is 551. The van der Waals surface area contributed by atoms with E-state index in [-0.39, 0.29) is 12.4 Å². The fourth-order valence-electron chi connectivity index (χ4n) is 2.00. The molecule has 1 heterocycles. The molecule has 1 N–H and O–H groups in total. The molecular weight excluding hydrogens is 323 g/mol. The van der Waals surface area contributed by atoms with Crippen LogP contribution in [-0.4, -0.2) is 28.1 Å². The molecular formula is C15H16BrFN2O. The van der Waals surface area contributed by atoms with E-state index in [1.54, 1.807) is 12.3 Å². The van der Waals surface area contributed by atoms with Crippen molar-refractivity contribution < 1.29 is 9.50 Å². The van der Waals surface area contributed by atoms with Crippen LogP contribution in [0.25, 0.3) is 0 Å². The van der Waals surface area contributed by atoms with Crippen LogP contribution >= 0.6 is 15.9 Å². The molecule has 2 aromatic rings. The first kappa shape index (κ1) is 15.1. The van der Waals surface area contributed by atoms with Crippen LogP contribution in [0.5, 0.6) is 0 Å². The number of aromatic nitrogens is 1. The predicted octanol–water partition coefficient (Wildman–Crippen LogP) is 2.98. The van der Waals surface area contributed by atoms with Crippen LogP contribution in [0.15, 0.2) is 47.2 Å². The number of hydrogen-bond acceptors (Lipinski definition) is 3. The van der Waals surface area contributed by atoms with Crippen molar-refractivity contribution >= 4 is 15.9 Å². The van der Waals surface area contributed by atoms with Gasteiger partial charge in [-0.05, 0) is 29.3 Å². The maximum absolute atomic E-state index is 13.1. The fraction of sp³-hybridized carbons (Fsp3) is 0.267. The Labute approximate surface area is 126 Å². The zero-order valence-corrected chi connectivity index (χ0v) is 12.6. The summed E-state index contributed by atoms with van der Waals surface area (Å²) in [7, 11) is 0. The molecule has 0 radical (unpaired) electrons. The standard InChI is InChI=1S/C15H16BrFN2O/c16-15-8-14(17)4-3-13(15)11-19(6-7-20)10-12-2-1-5-18-9-12/h1-5,8-9,20H,6-7,10-11H2. The van der Waals surface area contributed by atoms with Gasteiger partial charge < -0.3 is 5.11 Å². The lowest BCUT2D eigenvalue weighted by molar-refractivity contribution is 0.184. The molecule has 0 aliphatic rings. The fourth-order valence-corrected chi connectivity index (χ4v) is 2.47. The number of halogens is 2. The number of pyridine rings is 1. The van der Waals surface area contributed by atoms with Crippen molar-refractivity contribution in [3.8, 4) is 0 Å². The molecule has 1 aromatic heterocycles. The largest absolute Gasteiger partial charge is 0.395 e. The van der Waals surface area contributed by atoms with Gasteiger partial charge in [0.2, 0.25) is 0 Å². The molecule has 0 saturated carbocycles. The highest BCUT2D eigenvalue weighted by Crippen LogP contribution is 2.20. The molecule has 1 aromatic carbocycles. The van der Waals surface area contributed by atoms with Crippen LogP contribution < -0.4 is 0 Å². The first-order valence-corrected chi connectivity index (χ1v) is 7.14. The zero-order valence-electron chi connectivity index (χ0n) is 11.0. The van der Waals surface area contributed by atoms with Gasteiger partial charge in [0.1, 0.15) is 5.82 Å². The summed E-state index contributed by atoms with van der Waals surface area (Å²) in [6.45, 7) is 1.96. The molecule has 20 heavy (non-hydrogen) atoms. The van der Waals surface area contributed by atoms with E-state index in [1.165, 1.54) is 12.1 Å². The van der Waals surface area contributed by atoms with E-state index in [0.717, 1.165) is 15.6 Å². The Morgan fingerprint density at radius 3 is 2.75 bits per heavy atom. The van der Waals surface area contributed by atoms with Crippen LogP contribution in [0.1, 0.15) is 11.1 Å². The minimum atomic E-state index is -0.262. The van der Waals surface area contributed by atoms with Crippen molar-refractivity contribution in [1.29, 1.82) is 0 Å². The molecule has 0 aliphatic carbocycles. The highest BCUT2D eigenvalue weighted by molar-refractivity contribution is 9.10. The van der Waals surface area contributed by atoms with Crippen molar-refractivity contribution in [2.45, 2.75) is 13.1 Å². The monoisotopic (exact) mass is 338 g/mol. The molecule has 0 fully saturated rings. The molecule has 5 heteroatoms. The van der Waals surface area contributed by atoms with Gasteiger partial charge in [0.25, 0.3) is 0 Å². The third kappa shape index (κ3) is 4.37. The smallest absolute Gasteiger partial charge is 0.124 e.